The van der Waals surface area contributed by atoms with Gasteiger partial charge in [-0.25, -0.2) is 4.39 Å². The van der Waals surface area contributed by atoms with E-state index in [2.05, 4.69) is 10.8 Å². The molecule has 44 heavy (non-hydrogen) atoms. The van der Waals surface area contributed by atoms with Gasteiger partial charge in [0.15, 0.2) is 5.76 Å². The van der Waals surface area contributed by atoms with Crippen LogP contribution in [0, 0.1) is 5.82 Å². The van der Waals surface area contributed by atoms with Gasteiger partial charge in [0.25, 0.3) is 0 Å². The molecule has 0 spiro atoms. The molecule has 0 unspecified atom stereocenters. The molecule has 2 aromatic carbocycles. The Balaban J connectivity index is 1.16. The van der Waals surface area contributed by atoms with Crippen LogP contribution in [-0.4, -0.2) is 82.1 Å². The average Bonchev–Trinajstić information content (AvgIpc) is 3.63. The molecule has 2 saturated heterocycles. The molecule has 3 aliphatic rings. The van der Waals surface area contributed by atoms with Gasteiger partial charge >= 0.3 is 0 Å². The molecule has 1 saturated carbocycles. The molecule has 1 amide bonds. The van der Waals surface area contributed by atoms with Crippen molar-refractivity contribution in [1.29, 1.82) is 0 Å². The largest absolute Gasteiger partial charge is 0.454 e. The molecule has 2 aromatic rings. The number of fused-ring (bicyclic) bond motifs is 1. The highest BCUT2D eigenvalue weighted by molar-refractivity contribution is 5.97. The standard InChI is InChI=1S/C30H36FN3O10/c1-14(30(39)33-23-24(36)26(38)29-28(25(23)37)40-13-41-29)9-17-5-8-21(19(32)10-17)43-22-11-20(35)27(44-22)15(2)34-42-12-16-3-6-18(31)7-4-16/h3-10,20,22-26,28-29,34-38H,11-13,32H2,1-2H3,(H,33,39)/t20-,22+,23+,24-,25+,26+,28-,29+/m0/s1. The van der Waals surface area contributed by atoms with Gasteiger partial charge in [-0.15, -0.1) is 0 Å². The molecule has 0 bridgehead atoms. The van der Waals surface area contributed by atoms with Crippen molar-refractivity contribution in [3.8, 4) is 5.75 Å². The minimum Gasteiger partial charge on any atom is -0.454 e. The Bertz CT molecular complexity index is 1400. The third kappa shape index (κ3) is 6.97. The second-order valence-corrected chi connectivity index (χ2v) is 10.9. The van der Waals surface area contributed by atoms with Gasteiger partial charge in [-0.05, 0) is 55.3 Å². The minimum absolute atomic E-state index is 0.131. The van der Waals surface area contributed by atoms with E-state index in [-0.39, 0.29) is 42.7 Å². The number of hydrogen-bond acceptors (Lipinski definition) is 12. The maximum Gasteiger partial charge on any atom is 0.247 e. The zero-order valence-electron chi connectivity index (χ0n) is 24.1. The molecule has 5 rings (SSSR count). The van der Waals surface area contributed by atoms with Crippen molar-refractivity contribution in [2.75, 3.05) is 12.5 Å². The summed E-state index contributed by atoms with van der Waals surface area (Å²) in [7, 11) is 0. The lowest BCUT2D eigenvalue weighted by molar-refractivity contribution is -0.155. The highest BCUT2D eigenvalue weighted by atomic mass is 19.1. The van der Waals surface area contributed by atoms with E-state index in [4.69, 9.17) is 29.5 Å². The van der Waals surface area contributed by atoms with Crippen LogP contribution in [0.2, 0.25) is 0 Å². The Morgan fingerprint density at radius 2 is 1.75 bits per heavy atom. The van der Waals surface area contributed by atoms with Gasteiger partial charge in [0.05, 0.1) is 30.5 Å². The Kier molecular flexibility index (Phi) is 9.70. The fourth-order valence-electron chi connectivity index (χ4n) is 5.27. The van der Waals surface area contributed by atoms with Crippen molar-refractivity contribution < 1.29 is 53.4 Å². The zero-order chi connectivity index (χ0) is 31.5. The smallest absolute Gasteiger partial charge is 0.247 e. The molecule has 1 aliphatic carbocycles. The van der Waals surface area contributed by atoms with Crippen LogP contribution < -0.4 is 21.3 Å². The van der Waals surface area contributed by atoms with Crippen LogP contribution in [0.4, 0.5) is 10.1 Å². The summed E-state index contributed by atoms with van der Waals surface area (Å²) < 4.78 is 35.2. The van der Waals surface area contributed by atoms with Crippen molar-refractivity contribution in [2.45, 2.75) is 75.8 Å². The number of hydrogen-bond donors (Lipinski definition) is 7. The van der Waals surface area contributed by atoms with Gasteiger partial charge in [-0.3, -0.25) is 15.1 Å². The highest BCUT2D eigenvalue weighted by Gasteiger charge is 2.53. The molecule has 8 atom stereocenters. The number of nitrogens with one attached hydrogen (secondary N) is 2. The number of aliphatic hydroxyl groups excluding tert-OH is 4. The van der Waals surface area contributed by atoms with Gasteiger partial charge in [0.2, 0.25) is 12.2 Å². The van der Waals surface area contributed by atoms with Crippen molar-refractivity contribution in [3.05, 3.63) is 76.4 Å². The number of anilines is 1. The van der Waals surface area contributed by atoms with E-state index in [1.807, 2.05) is 0 Å². The first-order valence-corrected chi connectivity index (χ1v) is 14.0. The number of ether oxygens (including phenoxy) is 4. The van der Waals surface area contributed by atoms with Gasteiger partial charge in [0, 0.05) is 5.57 Å². The fraction of sp³-hybridized carbons (Fsp3) is 0.433. The van der Waals surface area contributed by atoms with E-state index < -0.39 is 54.9 Å². The van der Waals surface area contributed by atoms with E-state index in [9.17, 15) is 29.6 Å². The number of carbonyl (C=O) groups is 1. The van der Waals surface area contributed by atoms with E-state index in [1.54, 1.807) is 50.3 Å². The highest BCUT2D eigenvalue weighted by Crippen LogP contribution is 2.32. The van der Waals surface area contributed by atoms with Crippen LogP contribution in [0.1, 0.15) is 31.4 Å². The summed E-state index contributed by atoms with van der Waals surface area (Å²) in [6, 6.07) is 9.55. The SMILES string of the molecule is CC(=Cc1ccc(O[C@H]2C[C@H](O)C(=C(C)NOCc3ccc(F)cc3)O2)c(N)c1)C(=O)N[C@@H]1[C@H](O)[C@@H](O)[C@H]2OCO[C@H]2[C@@H]1O. The Labute approximate surface area is 252 Å². The molecule has 14 heteroatoms. The number of halogens is 1. The molecular weight excluding hydrogens is 581 g/mol. The van der Waals surface area contributed by atoms with Crippen molar-refractivity contribution >= 4 is 17.7 Å². The monoisotopic (exact) mass is 617 g/mol. The lowest BCUT2D eigenvalue weighted by atomic mass is 9.83. The molecule has 2 heterocycles. The van der Waals surface area contributed by atoms with E-state index in [0.29, 0.717) is 17.0 Å². The third-order valence-corrected chi connectivity index (χ3v) is 7.66. The van der Waals surface area contributed by atoms with E-state index in [1.165, 1.54) is 12.1 Å². The summed E-state index contributed by atoms with van der Waals surface area (Å²) in [5, 5.41) is 44.4. The number of carbonyl (C=O) groups excluding carboxylic acids is 1. The van der Waals surface area contributed by atoms with Crippen LogP contribution in [0.25, 0.3) is 6.08 Å². The molecule has 0 aromatic heterocycles. The second-order valence-electron chi connectivity index (χ2n) is 10.9. The van der Waals surface area contributed by atoms with Gasteiger partial charge < -0.3 is 50.4 Å². The molecule has 8 N–H and O–H groups in total. The number of rotatable bonds is 9. The zero-order valence-corrected chi connectivity index (χ0v) is 24.1. The van der Waals surface area contributed by atoms with Gasteiger partial charge in [-0.2, -0.15) is 0 Å². The second kappa shape index (κ2) is 13.5. The summed E-state index contributed by atoms with van der Waals surface area (Å²) in [4.78, 5) is 18.3. The van der Waals surface area contributed by atoms with Crippen LogP contribution >= 0.6 is 0 Å². The number of nitrogen functional groups attached to an aromatic ring is 1. The summed E-state index contributed by atoms with van der Waals surface area (Å²) in [6.45, 7) is 3.25. The summed E-state index contributed by atoms with van der Waals surface area (Å²) in [5.41, 5.74) is 11.2. The van der Waals surface area contributed by atoms with E-state index in [0.717, 1.165) is 5.56 Å². The third-order valence-electron chi connectivity index (χ3n) is 7.66. The van der Waals surface area contributed by atoms with Crippen LogP contribution in [0.15, 0.2) is 59.5 Å². The number of amides is 1. The van der Waals surface area contributed by atoms with Gasteiger partial charge in [0.1, 0.15) is 55.0 Å². The first kappa shape index (κ1) is 31.7. The maximum atomic E-state index is 13.1. The minimum atomic E-state index is -1.46. The number of aliphatic hydroxyl groups is 4. The van der Waals surface area contributed by atoms with E-state index >= 15 is 0 Å². The number of allylic oxidation sites excluding steroid dienone is 1. The van der Waals surface area contributed by atoms with Crippen LogP contribution in [0.3, 0.4) is 0 Å². The summed E-state index contributed by atoms with van der Waals surface area (Å²) in [6.07, 6.45) is -5.94. The number of nitrogens with two attached hydrogens (primary N) is 1. The summed E-state index contributed by atoms with van der Waals surface area (Å²) in [5.74, 6) is -0.365. The number of benzene rings is 2. The van der Waals surface area contributed by atoms with Crippen LogP contribution in [-0.2, 0) is 30.4 Å². The topological polar surface area (TPSA) is 194 Å². The first-order valence-electron chi connectivity index (χ1n) is 14.0. The molecule has 3 fully saturated rings. The lowest BCUT2D eigenvalue weighted by Crippen LogP contribution is -2.67. The molecule has 13 nitrogen and oxygen atoms in total. The lowest BCUT2D eigenvalue weighted by Gasteiger charge is -2.41. The summed E-state index contributed by atoms with van der Waals surface area (Å²) >= 11 is 0. The van der Waals surface area contributed by atoms with Gasteiger partial charge in [-0.1, -0.05) is 18.2 Å². The van der Waals surface area contributed by atoms with Crippen LogP contribution in [0.5, 0.6) is 5.75 Å². The predicted molar refractivity (Wildman–Crippen MR) is 152 cm³/mol. The Morgan fingerprint density at radius 3 is 2.45 bits per heavy atom. The normalized spacial score (nSPS) is 31.2. The Morgan fingerprint density at radius 1 is 1.05 bits per heavy atom. The number of hydroxylamine groups is 1. The predicted octanol–water partition coefficient (Wildman–Crippen LogP) is 0.573. The quantitative estimate of drug-likeness (QED) is 0.118. The molecular formula is C30H36FN3O10. The molecule has 238 valence electrons. The van der Waals surface area contributed by atoms with Crippen molar-refractivity contribution in [2.24, 2.45) is 0 Å². The van der Waals surface area contributed by atoms with Crippen molar-refractivity contribution in [3.63, 3.8) is 0 Å². The Hall–Kier alpha value is -3.76. The fourth-order valence-corrected chi connectivity index (χ4v) is 5.27. The maximum absolute atomic E-state index is 13.1. The first-order chi connectivity index (χ1) is 21.0. The molecule has 0 radical (unpaired) electrons. The van der Waals surface area contributed by atoms with Crippen molar-refractivity contribution in [1.82, 2.24) is 10.8 Å². The molecule has 2 aliphatic heterocycles. The average molecular weight is 618 g/mol.